The summed E-state index contributed by atoms with van der Waals surface area (Å²) >= 11 is 0. The highest BCUT2D eigenvalue weighted by atomic mass is 32.2. The average Bonchev–Trinajstić information content (AvgIpc) is 3.10. The Labute approximate surface area is 125 Å². The Hall–Kier alpha value is -1.12. The number of rotatable bonds is 6. The number of nitrogen functional groups attached to an aromatic ring is 1. The number of sulfone groups is 1. The number of sulfonamides is 1. The van der Waals surface area contributed by atoms with Gasteiger partial charge in [0.2, 0.25) is 10.0 Å². The van der Waals surface area contributed by atoms with Crippen molar-refractivity contribution >= 4 is 25.5 Å². The lowest BCUT2D eigenvalue weighted by Crippen LogP contribution is -2.33. The van der Waals surface area contributed by atoms with Gasteiger partial charge in [-0.05, 0) is 37.5 Å². The van der Waals surface area contributed by atoms with Gasteiger partial charge in [0.1, 0.15) is 4.90 Å². The maximum Gasteiger partial charge on any atom is 0.242 e. The fourth-order valence-corrected chi connectivity index (χ4v) is 4.34. The average molecular weight is 332 g/mol. The fourth-order valence-electron chi connectivity index (χ4n) is 2.21. The van der Waals surface area contributed by atoms with Crippen LogP contribution in [-0.4, -0.2) is 29.1 Å². The Morgan fingerprint density at radius 2 is 1.90 bits per heavy atom. The normalized spacial score (nSPS) is 17.6. The molecule has 0 radical (unpaired) electrons. The van der Waals surface area contributed by atoms with Crippen molar-refractivity contribution in [3.8, 4) is 0 Å². The van der Waals surface area contributed by atoms with Gasteiger partial charge in [-0.15, -0.1) is 0 Å². The van der Waals surface area contributed by atoms with E-state index in [0.29, 0.717) is 5.92 Å². The Morgan fingerprint density at radius 3 is 2.43 bits per heavy atom. The van der Waals surface area contributed by atoms with E-state index in [4.69, 9.17) is 5.73 Å². The van der Waals surface area contributed by atoms with E-state index >= 15 is 0 Å². The van der Waals surface area contributed by atoms with Crippen molar-refractivity contribution in [2.45, 2.75) is 42.0 Å². The summed E-state index contributed by atoms with van der Waals surface area (Å²) in [6.45, 7) is 1.80. The minimum atomic E-state index is -3.83. The number of nitrogens with one attached hydrogen (secondary N) is 1. The molecular weight excluding hydrogens is 312 g/mol. The molecule has 8 heteroatoms. The van der Waals surface area contributed by atoms with Gasteiger partial charge in [0.05, 0.1) is 10.6 Å². The van der Waals surface area contributed by atoms with Gasteiger partial charge in [0.25, 0.3) is 0 Å². The maximum absolute atomic E-state index is 12.4. The smallest absolute Gasteiger partial charge is 0.242 e. The molecule has 1 fully saturated rings. The van der Waals surface area contributed by atoms with Crippen molar-refractivity contribution in [2.75, 3.05) is 12.0 Å². The summed E-state index contributed by atoms with van der Waals surface area (Å²) in [4.78, 5) is -0.250. The van der Waals surface area contributed by atoms with Gasteiger partial charge in [-0.2, -0.15) is 0 Å². The zero-order chi connectivity index (χ0) is 15.8. The Bertz CT molecular complexity index is 737. The molecule has 1 atom stereocenters. The Kier molecular flexibility index (Phi) is 4.32. The molecular formula is C13H20N2O4S2. The number of nitrogens with two attached hydrogens (primary N) is 1. The van der Waals surface area contributed by atoms with Crippen LogP contribution in [0.4, 0.5) is 5.69 Å². The summed E-state index contributed by atoms with van der Waals surface area (Å²) in [5, 5.41) is 0. The van der Waals surface area contributed by atoms with Crippen molar-refractivity contribution in [2.24, 2.45) is 5.92 Å². The second kappa shape index (κ2) is 5.58. The van der Waals surface area contributed by atoms with Crippen molar-refractivity contribution in [1.82, 2.24) is 4.72 Å². The number of anilines is 1. The molecule has 0 aromatic heterocycles. The topological polar surface area (TPSA) is 106 Å². The molecule has 2 rings (SSSR count). The van der Waals surface area contributed by atoms with Crippen molar-refractivity contribution in [3.05, 3.63) is 18.2 Å². The molecule has 1 unspecified atom stereocenters. The molecule has 0 heterocycles. The van der Waals surface area contributed by atoms with Crippen LogP contribution in [0.1, 0.15) is 26.2 Å². The Balaban J connectivity index is 2.30. The quantitative estimate of drug-likeness (QED) is 0.760. The molecule has 1 aliphatic carbocycles. The lowest BCUT2D eigenvalue weighted by molar-refractivity contribution is 0.530. The van der Waals surface area contributed by atoms with Crippen molar-refractivity contribution < 1.29 is 16.8 Å². The molecule has 0 aliphatic heterocycles. The molecule has 0 spiro atoms. The molecule has 21 heavy (non-hydrogen) atoms. The molecule has 1 aromatic rings. The predicted molar refractivity (Wildman–Crippen MR) is 81.1 cm³/mol. The number of hydrogen-bond donors (Lipinski definition) is 2. The monoisotopic (exact) mass is 332 g/mol. The lowest BCUT2D eigenvalue weighted by Gasteiger charge is -2.15. The third-order valence-corrected chi connectivity index (χ3v) is 6.20. The van der Waals surface area contributed by atoms with Gasteiger partial charge in [0.15, 0.2) is 9.84 Å². The third kappa shape index (κ3) is 4.18. The van der Waals surface area contributed by atoms with E-state index in [2.05, 4.69) is 4.72 Å². The van der Waals surface area contributed by atoms with E-state index in [1.807, 2.05) is 0 Å². The largest absolute Gasteiger partial charge is 0.398 e. The van der Waals surface area contributed by atoms with Crippen LogP contribution in [0.3, 0.4) is 0 Å². The summed E-state index contributed by atoms with van der Waals surface area (Å²) in [6, 6.07) is 3.51. The van der Waals surface area contributed by atoms with Crippen molar-refractivity contribution in [3.63, 3.8) is 0 Å². The standard InChI is InChI=1S/C13H20N2O4S2/c1-9(7-10-3-4-10)15-21(18,19)13-8-11(20(2,16)17)5-6-12(13)14/h5-6,8-10,15H,3-4,7,14H2,1-2H3. The summed E-state index contributed by atoms with van der Waals surface area (Å²) in [5.41, 5.74) is 5.73. The first-order valence-electron chi connectivity index (χ1n) is 6.71. The highest BCUT2D eigenvalue weighted by molar-refractivity contribution is 7.91. The third-order valence-electron chi connectivity index (χ3n) is 3.44. The molecule has 6 nitrogen and oxygen atoms in total. The zero-order valence-electron chi connectivity index (χ0n) is 12.0. The molecule has 3 N–H and O–H groups in total. The van der Waals surface area contributed by atoms with Crippen LogP contribution in [0.5, 0.6) is 0 Å². The maximum atomic E-state index is 12.4. The van der Waals surface area contributed by atoms with E-state index in [1.165, 1.54) is 12.1 Å². The first kappa shape index (κ1) is 16.3. The van der Waals surface area contributed by atoms with Gasteiger partial charge in [0, 0.05) is 12.3 Å². The van der Waals surface area contributed by atoms with E-state index in [1.54, 1.807) is 6.92 Å². The molecule has 1 aliphatic rings. The molecule has 1 saturated carbocycles. The van der Waals surface area contributed by atoms with Crippen LogP contribution >= 0.6 is 0 Å². The summed E-state index contributed by atoms with van der Waals surface area (Å²) < 4.78 is 50.4. The zero-order valence-corrected chi connectivity index (χ0v) is 13.7. The van der Waals surface area contributed by atoms with E-state index in [9.17, 15) is 16.8 Å². The molecule has 0 saturated heterocycles. The van der Waals surface area contributed by atoms with Crippen LogP contribution in [0.25, 0.3) is 0 Å². The first-order valence-corrected chi connectivity index (χ1v) is 10.1. The minimum absolute atomic E-state index is 0.0357. The highest BCUT2D eigenvalue weighted by Gasteiger charge is 2.27. The van der Waals surface area contributed by atoms with Gasteiger partial charge >= 0.3 is 0 Å². The van der Waals surface area contributed by atoms with E-state index in [0.717, 1.165) is 31.6 Å². The van der Waals surface area contributed by atoms with E-state index < -0.39 is 19.9 Å². The van der Waals surface area contributed by atoms with Gasteiger partial charge < -0.3 is 5.73 Å². The van der Waals surface area contributed by atoms with Crippen LogP contribution in [0.2, 0.25) is 0 Å². The highest BCUT2D eigenvalue weighted by Crippen LogP contribution is 2.33. The second-order valence-corrected chi connectivity index (χ2v) is 9.37. The Morgan fingerprint density at radius 1 is 1.29 bits per heavy atom. The second-order valence-electron chi connectivity index (χ2n) is 5.67. The van der Waals surface area contributed by atoms with Gasteiger partial charge in [-0.1, -0.05) is 12.8 Å². The van der Waals surface area contributed by atoms with Crippen LogP contribution in [0, 0.1) is 5.92 Å². The van der Waals surface area contributed by atoms with Crippen LogP contribution in [-0.2, 0) is 19.9 Å². The minimum Gasteiger partial charge on any atom is -0.398 e. The SMILES string of the molecule is CC(CC1CC1)NS(=O)(=O)c1cc(S(C)(=O)=O)ccc1N. The number of hydrogen-bond acceptors (Lipinski definition) is 5. The fraction of sp³-hybridized carbons (Fsp3) is 0.538. The molecule has 118 valence electrons. The van der Waals surface area contributed by atoms with Crippen LogP contribution in [0.15, 0.2) is 28.0 Å². The summed E-state index contributed by atoms with van der Waals surface area (Å²) in [7, 11) is -7.32. The van der Waals surface area contributed by atoms with Crippen molar-refractivity contribution in [1.29, 1.82) is 0 Å². The predicted octanol–water partition coefficient (Wildman–Crippen LogP) is 1.14. The van der Waals surface area contributed by atoms with Crippen LogP contribution < -0.4 is 10.5 Å². The van der Waals surface area contributed by atoms with Gasteiger partial charge in [-0.3, -0.25) is 0 Å². The molecule has 0 bridgehead atoms. The summed E-state index contributed by atoms with van der Waals surface area (Å²) in [5.74, 6) is 0.586. The first-order chi connectivity index (χ1) is 9.59. The molecule has 1 aromatic carbocycles. The number of benzene rings is 1. The molecule has 0 amide bonds. The van der Waals surface area contributed by atoms with Gasteiger partial charge in [-0.25, -0.2) is 21.6 Å². The summed E-state index contributed by atoms with van der Waals surface area (Å²) in [6.07, 6.45) is 4.08. The van der Waals surface area contributed by atoms with E-state index in [-0.39, 0.29) is 21.5 Å². The lowest BCUT2D eigenvalue weighted by atomic mass is 10.2.